The van der Waals surface area contributed by atoms with Crippen LogP contribution in [0.5, 0.6) is 11.5 Å². The lowest BCUT2D eigenvalue weighted by Gasteiger charge is -2.27. The third kappa shape index (κ3) is 3.32. The quantitative estimate of drug-likeness (QED) is 0.885. The van der Waals surface area contributed by atoms with Crippen molar-refractivity contribution in [1.29, 1.82) is 0 Å². The molecule has 5 heteroatoms. The number of rotatable bonds is 4. The largest absolute Gasteiger partial charge is 0.504 e. The summed E-state index contributed by atoms with van der Waals surface area (Å²) in [7, 11) is 1.54. The van der Waals surface area contributed by atoms with Gasteiger partial charge in [0.1, 0.15) is 0 Å². The number of hydrogen-bond acceptors (Lipinski definition) is 4. The second-order valence-corrected chi connectivity index (χ2v) is 5.26. The van der Waals surface area contributed by atoms with Gasteiger partial charge in [0, 0.05) is 49.4 Å². The Morgan fingerprint density at radius 1 is 1.42 bits per heavy atom. The first-order chi connectivity index (χ1) is 9.13. The van der Waals surface area contributed by atoms with E-state index in [2.05, 4.69) is 10.2 Å². The van der Waals surface area contributed by atoms with E-state index >= 15 is 0 Å². The molecule has 106 valence electrons. The molecule has 2 rings (SSSR count). The molecule has 2 N–H and O–H groups in total. The molecule has 0 aliphatic carbocycles. The van der Waals surface area contributed by atoms with E-state index in [1.54, 1.807) is 13.2 Å². The van der Waals surface area contributed by atoms with Crippen LogP contribution in [-0.2, 0) is 6.42 Å². The third-order valence-electron chi connectivity index (χ3n) is 3.70. The van der Waals surface area contributed by atoms with Crippen molar-refractivity contribution in [3.05, 3.63) is 22.2 Å². The summed E-state index contributed by atoms with van der Waals surface area (Å²) in [6.45, 7) is 7.04. The highest BCUT2D eigenvalue weighted by Gasteiger charge is 2.16. The van der Waals surface area contributed by atoms with Gasteiger partial charge in [-0.15, -0.1) is 0 Å². The molecule has 1 fully saturated rings. The van der Waals surface area contributed by atoms with E-state index in [0.29, 0.717) is 10.8 Å². The van der Waals surface area contributed by atoms with Crippen LogP contribution in [0.15, 0.2) is 6.07 Å². The molecule has 1 aliphatic heterocycles. The van der Waals surface area contributed by atoms with E-state index in [1.165, 1.54) is 0 Å². The Bertz CT molecular complexity index is 446. The van der Waals surface area contributed by atoms with Gasteiger partial charge >= 0.3 is 0 Å². The van der Waals surface area contributed by atoms with Gasteiger partial charge in [0.2, 0.25) is 0 Å². The van der Waals surface area contributed by atoms with E-state index in [9.17, 15) is 5.11 Å². The molecule has 0 unspecified atom stereocenters. The van der Waals surface area contributed by atoms with Crippen molar-refractivity contribution >= 4 is 11.6 Å². The number of aromatic hydroxyl groups is 1. The highest BCUT2D eigenvalue weighted by atomic mass is 35.5. The number of nitrogens with one attached hydrogen (secondary N) is 1. The van der Waals surface area contributed by atoms with Gasteiger partial charge in [-0.1, -0.05) is 11.6 Å². The molecule has 0 bridgehead atoms. The first kappa shape index (κ1) is 14.4. The lowest BCUT2D eigenvalue weighted by molar-refractivity contribution is 0.243. The average molecular weight is 285 g/mol. The fourth-order valence-electron chi connectivity index (χ4n) is 2.43. The van der Waals surface area contributed by atoms with Crippen LogP contribution in [0.25, 0.3) is 0 Å². The fourth-order valence-corrected chi connectivity index (χ4v) is 2.64. The van der Waals surface area contributed by atoms with Gasteiger partial charge < -0.3 is 20.1 Å². The van der Waals surface area contributed by atoms with E-state index in [0.717, 1.165) is 50.3 Å². The van der Waals surface area contributed by atoms with Gasteiger partial charge in [-0.3, -0.25) is 0 Å². The zero-order valence-corrected chi connectivity index (χ0v) is 12.3. The zero-order valence-electron chi connectivity index (χ0n) is 11.5. The van der Waals surface area contributed by atoms with Crippen LogP contribution in [0, 0.1) is 6.92 Å². The third-order valence-corrected chi connectivity index (χ3v) is 4.09. The van der Waals surface area contributed by atoms with Gasteiger partial charge in [-0.2, -0.15) is 0 Å². The fraction of sp³-hybridized carbons (Fsp3) is 0.571. The molecule has 0 aromatic heterocycles. The molecule has 0 saturated carbocycles. The number of methoxy groups -OCH3 is 1. The number of benzene rings is 1. The molecule has 0 spiro atoms. The second kappa shape index (κ2) is 6.46. The summed E-state index contributed by atoms with van der Waals surface area (Å²) in [5, 5.41) is 14.2. The van der Waals surface area contributed by atoms with Gasteiger partial charge in [0.15, 0.2) is 11.5 Å². The van der Waals surface area contributed by atoms with Gasteiger partial charge in [0.05, 0.1) is 7.11 Å². The van der Waals surface area contributed by atoms with Crippen LogP contribution in [0.2, 0.25) is 5.02 Å². The van der Waals surface area contributed by atoms with Crippen molar-refractivity contribution in [3.8, 4) is 11.5 Å². The molecule has 4 nitrogen and oxygen atoms in total. The standard InChI is InChI=1S/C14H21ClN2O2/c1-10-11(3-6-17-7-4-16-5-8-17)14(18)13(19-2)9-12(10)15/h9,16,18H,3-8H2,1-2H3. The van der Waals surface area contributed by atoms with Crippen molar-refractivity contribution in [2.45, 2.75) is 13.3 Å². The number of hydrogen-bond donors (Lipinski definition) is 2. The highest BCUT2D eigenvalue weighted by Crippen LogP contribution is 2.37. The Hall–Kier alpha value is -0.970. The predicted octanol–water partition coefficient (Wildman–Crippen LogP) is 1.81. The summed E-state index contributed by atoms with van der Waals surface area (Å²) in [6.07, 6.45) is 0.786. The summed E-state index contributed by atoms with van der Waals surface area (Å²) in [4.78, 5) is 2.39. The predicted molar refractivity (Wildman–Crippen MR) is 77.4 cm³/mol. The van der Waals surface area contributed by atoms with Crippen molar-refractivity contribution in [3.63, 3.8) is 0 Å². The summed E-state index contributed by atoms with van der Waals surface area (Å²) >= 11 is 6.18. The average Bonchev–Trinajstić information content (AvgIpc) is 2.44. The van der Waals surface area contributed by atoms with Gasteiger partial charge in [0.25, 0.3) is 0 Å². The van der Waals surface area contributed by atoms with Crippen molar-refractivity contribution < 1.29 is 9.84 Å². The van der Waals surface area contributed by atoms with Gasteiger partial charge in [-0.05, 0) is 18.9 Å². The number of nitrogens with zero attached hydrogens (tertiary/aromatic N) is 1. The van der Waals surface area contributed by atoms with Crippen molar-refractivity contribution in [1.82, 2.24) is 10.2 Å². The molecule has 1 aromatic rings. The monoisotopic (exact) mass is 284 g/mol. The molecule has 1 aromatic carbocycles. The van der Waals surface area contributed by atoms with Crippen LogP contribution in [0.4, 0.5) is 0 Å². The number of piperazine rings is 1. The van der Waals surface area contributed by atoms with Crippen LogP contribution < -0.4 is 10.1 Å². The van der Waals surface area contributed by atoms with Crippen LogP contribution >= 0.6 is 11.6 Å². The maximum Gasteiger partial charge on any atom is 0.162 e. The topological polar surface area (TPSA) is 44.7 Å². The summed E-state index contributed by atoms with van der Waals surface area (Å²) in [5.41, 5.74) is 1.83. The molecule has 0 radical (unpaired) electrons. The highest BCUT2D eigenvalue weighted by molar-refractivity contribution is 6.31. The van der Waals surface area contributed by atoms with E-state index in [4.69, 9.17) is 16.3 Å². The summed E-state index contributed by atoms with van der Waals surface area (Å²) in [5.74, 6) is 0.672. The van der Waals surface area contributed by atoms with Crippen LogP contribution in [0.3, 0.4) is 0 Å². The maximum atomic E-state index is 10.2. The maximum absolute atomic E-state index is 10.2. The smallest absolute Gasteiger partial charge is 0.162 e. The Balaban J connectivity index is 2.12. The Kier molecular flexibility index (Phi) is 4.91. The number of ether oxygens (including phenoxy) is 1. The Labute approximate surface area is 119 Å². The zero-order chi connectivity index (χ0) is 13.8. The Morgan fingerprint density at radius 3 is 2.74 bits per heavy atom. The minimum atomic E-state index is 0.222. The Morgan fingerprint density at radius 2 is 2.11 bits per heavy atom. The number of phenols is 1. The molecule has 19 heavy (non-hydrogen) atoms. The SMILES string of the molecule is COc1cc(Cl)c(C)c(CCN2CCNCC2)c1O. The lowest BCUT2D eigenvalue weighted by atomic mass is 10.0. The molecule has 0 amide bonds. The van der Waals surface area contributed by atoms with Crippen molar-refractivity contribution in [2.24, 2.45) is 0 Å². The first-order valence-corrected chi connectivity index (χ1v) is 6.99. The molecule has 1 saturated heterocycles. The summed E-state index contributed by atoms with van der Waals surface area (Å²) < 4.78 is 5.16. The number of phenolic OH excluding ortho intramolecular Hbond substituents is 1. The molecule has 0 atom stereocenters. The van der Waals surface area contributed by atoms with Crippen LogP contribution in [-0.4, -0.2) is 49.8 Å². The molecule has 1 aliphatic rings. The van der Waals surface area contributed by atoms with E-state index < -0.39 is 0 Å². The lowest BCUT2D eigenvalue weighted by Crippen LogP contribution is -2.44. The molecule has 1 heterocycles. The second-order valence-electron chi connectivity index (χ2n) is 4.85. The van der Waals surface area contributed by atoms with E-state index in [-0.39, 0.29) is 5.75 Å². The molecular weight excluding hydrogens is 264 g/mol. The summed E-state index contributed by atoms with van der Waals surface area (Å²) in [6, 6.07) is 1.67. The van der Waals surface area contributed by atoms with E-state index in [1.807, 2.05) is 6.92 Å². The van der Waals surface area contributed by atoms with Gasteiger partial charge in [-0.25, -0.2) is 0 Å². The first-order valence-electron chi connectivity index (χ1n) is 6.61. The number of halogens is 1. The minimum absolute atomic E-state index is 0.222. The van der Waals surface area contributed by atoms with Crippen molar-refractivity contribution in [2.75, 3.05) is 39.8 Å². The normalized spacial score (nSPS) is 16.6. The minimum Gasteiger partial charge on any atom is -0.504 e. The molecular formula is C14H21ClN2O2. The van der Waals surface area contributed by atoms with Crippen LogP contribution in [0.1, 0.15) is 11.1 Å².